The molecule has 2 aliphatic heterocycles. The van der Waals surface area contributed by atoms with Crippen LogP contribution in [-0.2, 0) is 10.4 Å². The van der Waals surface area contributed by atoms with Crippen LogP contribution in [0, 0.1) is 17.6 Å². The van der Waals surface area contributed by atoms with Crippen LogP contribution >= 0.6 is 11.3 Å². The number of thiazole rings is 1. The van der Waals surface area contributed by atoms with Crippen LogP contribution in [0.25, 0.3) is 0 Å². The van der Waals surface area contributed by atoms with Crippen LogP contribution in [0.3, 0.4) is 0 Å². The molecule has 0 amide bonds. The molecule has 1 aromatic heterocycles. The first-order chi connectivity index (χ1) is 12.2. The number of aromatic nitrogens is 1. The van der Waals surface area contributed by atoms with Crippen LogP contribution in [0.5, 0.6) is 0 Å². The van der Waals surface area contributed by atoms with E-state index in [9.17, 15) is 8.78 Å². The fourth-order valence-electron chi connectivity index (χ4n) is 3.97. The Balaban J connectivity index is 1.40. The largest absolute Gasteiger partial charge is 0.383 e. The maximum atomic E-state index is 14.2. The van der Waals surface area contributed by atoms with E-state index in [0.29, 0.717) is 12.3 Å². The number of hydrogen-bond acceptors (Lipinski definition) is 5. The number of nitrogens with one attached hydrogen (secondary N) is 1. The van der Waals surface area contributed by atoms with Crippen molar-refractivity contribution in [3.05, 3.63) is 51.5 Å². The van der Waals surface area contributed by atoms with E-state index in [4.69, 9.17) is 9.82 Å². The molecule has 2 aromatic rings. The second-order valence-corrected chi connectivity index (χ2v) is 7.80. The first kappa shape index (κ1) is 15.4. The molecule has 7 heteroatoms. The standard InChI is InChI=1S/C18H17F2N3OS/c19-12-2-1-3-13(20)15(12)18-8-11(18)16(23-24-18)14-9-25-17(22-14)10-4-6-21-7-5-10/h1-3,9-11,21H,4-8H2. The molecule has 2 fully saturated rings. The second-order valence-electron chi connectivity index (χ2n) is 6.91. The Bertz CT molecular complexity index is 842. The Hall–Kier alpha value is -1.86. The molecule has 3 aliphatic rings. The minimum absolute atomic E-state index is 0.00689. The Labute approximate surface area is 147 Å². The van der Waals surface area contributed by atoms with Gasteiger partial charge in [0.1, 0.15) is 17.3 Å². The van der Waals surface area contributed by atoms with Gasteiger partial charge in [0.2, 0.25) is 0 Å². The fourth-order valence-corrected chi connectivity index (χ4v) is 4.95. The molecule has 0 radical (unpaired) electrons. The Morgan fingerprint density at radius 3 is 2.68 bits per heavy atom. The molecule has 0 bridgehead atoms. The number of hydrogen-bond donors (Lipinski definition) is 1. The topological polar surface area (TPSA) is 46.5 Å². The van der Waals surface area contributed by atoms with E-state index in [1.165, 1.54) is 18.2 Å². The Morgan fingerprint density at radius 1 is 1.20 bits per heavy atom. The molecule has 0 spiro atoms. The van der Waals surface area contributed by atoms with Gasteiger partial charge in [-0.15, -0.1) is 11.3 Å². The van der Waals surface area contributed by atoms with Crippen LogP contribution in [0.4, 0.5) is 8.78 Å². The van der Waals surface area contributed by atoms with Gasteiger partial charge in [0.25, 0.3) is 0 Å². The summed E-state index contributed by atoms with van der Waals surface area (Å²) in [4.78, 5) is 10.3. The van der Waals surface area contributed by atoms with E-state index in [1.807, 2.05) is 5.38 Å². The summed E-state index contributed by atoms with van der Waals surface area (Å²) >= 11 is 1.64. The number of oxime groups is 1. The molecule has 1 aromatic carbocycles. The average Bonchev–Trinajstić information content (AvgIpc) is 2.99. The van der Waals surface area contributed by atoms with Crippen LogP contribution in [0.1, 0.15) is 41.4 Å². The van der Waals surface area contributed by atoms with E-state index in [1.54, 1.807) is 11.3 Å². The molecule has 1 aliphatic carbocycles. The highest BCUT2D eigenvalue weighted by Gasteiger charge is 2.67. The maximum absolute atomic E-state index is 14.2. The van der Waals surface area contributed by atoms with Crippen molar-refractivity contribution < 1.29 is 13.6 Å². The van der Waals surface area contributed by atoms with E-state index in [0.717, 1.165) is 42.3 Å². The lowest BCUT2D eigenvalue weighted by Crippen LogP contribution is -2.26. The lowest BCUT2D eigenvalue weighted by atomic mass is 9.99. The predicted octanol–water partition coefficient (Wildman–Crippen LogP) is 3.54. The van der Waals surface area contributed by atoms with Crippen molar-refractivity contribution in [2.24, 2.45) is 11.1 Å². The lowest BCUT2D eigenvalue weighted by Gasteiger charge is -2.20. The molecule has 4 nitrogen and oxygen atoms in total. The molecule has 5 rings (SSSR count). The van der Waals surface area contributed by atoms with Crippen molar-refractivity contribution in [1.29, 1.82) is 0 Å². The zero-order chi connectivity index (χ0) is 17.0. The summed E-state index contributed by atoms with van der Waals surface area (Å²) in [5.41, 5.74) is 0.523. The van der Waals surface area contributed by atoms with Crippen molar-refractivity contribution in [3.8, 4) is 0 Å². The van der Waals surface area contributed by atoms with Crippen LogP contribution < -0.4 is 5.32 Å². The van der Waals surface area contributed by atoms with Gasteiger partial charge in [-0.1, -0.05) is 11.2 Å². The molecular formula is C18H17F2N3OS. The van der Waals surface area contributed by atoms with Gasteiger partial charge in [0.05, 0.1) is 22.2 Å². The van der Waals surface area contributed by atoms with Gasteiger partial charge in [-0.2, -0.15) is 0 Å². The van der Waals surface area contributed by atoms with Gasteiger partial charge in [-0.05, 0) is 38.1 Å². The SMILES string of the molecule is Fc1cccc(F)c1C12CC1C(c1csc(C3CCNCC3)n1)=NO2. The van der Waals surface area contributed by atoms with Gasteiger partial charge in [0.15, 0.2) is 5.60 Å². The number of rotatable bonds is 3. The summed E-state index contributed by atoms with van der Waals surface area (Å²) in [7, 11) is 0. The summed E-state index contributed by atoms with van der Waals surface area (Å²) in [6, 6.07) is 3.90. The maximum Gasteiger partial charge on any atom is 0.177 e. The third-order valence-corrected chi connectivity index (χ3v) is 6.41. The molecule has 2 atom stereocenters. The predicted molar refractivity (Wildman–Crippen MR) is 90.7 cm³/mol. The number of piperidine rings is 1. The number of benzene rings is 1. The van der Waals surface area contributed by atoms with Crippen LogP contribution in [-0.4, -0.2) is 23.8 Å². The number of fused-ring (bicyclic) bond motifs is 1. The zero-order valence-corrected chi connectivity index (χ0v) is 14.3. The second kappa shape index (κ2) is 5.57. The summed E-state index contributed by atoms with van der Waals surface area (Å²) in [5.74, 6) is -0.794. The molecule has 2 unspecified atom stereocenters. The molecular weight excluding hydrogens is 344 g/mol. The zero-order valence-electron chi connectivity index (χ0n) is 13.5. The first-order valence-corrected chi connectivity index (χ1v) is 9.44. The summed E-state index contributed by atoms with van der Waals surface area (Å²) in [5, 5.41) is 10.6. The minimum Gasteiger partial charge on any atom is -0.383 e. The van der Waals surface area contributed by atoms with Gasteiger partial charge in [-0.25, -0.2) is 13.8 Å². The van der Waals surface area contributed by atoms with Crippen molar-refractivity contribution in [3.63, 3.8) is 0 Å². The van der Waals surface area contributed by atoms with E-state index in [2.05, 4.69) is 10.5 Å². The summed E-state index contributed by atoms with van der Waals surface area (Å²) in [6.07, 6.45) is 2.72. The summed E-state index contributed by atoms with van der Waals surface area (Å²) < 4.78 is 28.3. The van der Waals surface area contributed by atoms with Crippen LogP contribution in [0.15, 0.2) is 28.7 Å². The fraction of sp³-hybridized carbons (Fsp3) is 0.444. The smallest absolute Gasteiger partial charge is 0.177 e. The van der Waals surface area contributed by atoms with Gasteiger partial charge < -0.3 is 10.2 Å². The highest BCUT2D eigenvalue weighted by atomic mass is 32.1. The quantitative estimate of drug-likeness (QED) is 0.910. The average molecular weight is 361 g/mol. The number of halogens is 2. The third kappa shape index (κ3) is 2.33. The summed E-state index contributed by atoms with van der Waals surface area (Å²) in [6.45, 7) is 2.03. The van der Waals surface area contributed by atoms with Crippen molar-refractivity contribution in [2.75, 3.05) is 13.1 Å². The highest BCUT2D eigenvalue weighted by Crippen LogP contribution is 2.61. The van der Waals surface area contributed by atoms with Gasteiger partial charge in [-0.3, -0.25) is 0 Å². The van der Waals surface area contributed by atoms with E-state index < -0.39 is 17.2 Å². The van der Waals surface area contributed by atoms with Gasteiger partial charge >= 0.3 is 0 Å². The van der Waals surface area contributed by atoms with Crippen molar-refractivity contribution in [2.45, 2.75) is 30.8 Å². The van der Waals surface area contributed by atoms with E-state index >= 15 is 0 Å². The first-order valence-electron chi connectivity index (χ1n) is 8.56. The van der Waals surface area contributed by atoms with E-state index in [-0.39, 0.29) is 11.5 Å². The molecule has 25 heavy (non-hydrogen) atoms. The molecule has 130 valence electrons. The van der Waals surface area contributed by atoms with Crippen molar-refractivity contribution >= 4 is 17.0 Å². The monoisotopic (exact) mass is 361 g/mol. The normalized spacial score (nSPS) is 28.4. The molecule has 3 heterocycles. The highest BCUT2D eigenvalue weighted by molar-refractivity contribution is 7.10. The lowest BCUT2D eigenvalue weighted by molar-refractivity contribution is 0.0393. The molecule has 1 saturated heterocycles. The third-order valence-electron chi connectivity index (χ3n) is 5.41. The molecule has 1 N–H and O–H groups in total. The van der Waals surface area contributed by atoms with Gasteiger partial charge in [0, 0.05) is 17.7 Å². The Kier molecular flexibility index (Phi) is 3.43. The Morgan fingerprint density at radius 2 is 1.96 bits per heavy atom. The molecule has 1 saturated carbocycles. The van der Waals surface area contributed by atoms with Crippen molar-refractivity contribution in [1.82, 2.24) is 10.3 Å². The van der Waals surface area contributed by atoms with Crippen LogP contribution in [0.2, 0.25) is 0 Å². The number of nitrogens with zero attached hydrogens (tertiary/aromatic N) is 2. The minimum atomic E-state index is -0.983.